The number of likely N-dealkylation sites (tertiary alicyclic amines) is 1. The lowest BCUT2D eigenvalue weighted by Crippen LogP contribution is -2.48. The third kappa shape index (κ3) is 3.98. The van der Waals surface area contributed by atoms with E-state index in [0.29, 0.717) is 5.69 Å². The van der Waals surface area contributed by atoms with Crippen LogP contribution in [-0.2, 0) is 12.8 Å². The molecule has 2 N–H and O–H groups in total. The zero-order chi connectivity index (χ0) is 16.2. The highest BCUT2D eigenvalue weighted by atomic mass is 32.1. The molecule has 3 rings (SSSR count). The number of carbonyl (C=O) groups is 1. The molecule has 1 fully saturated rings. The molecule has 1 aromatic heterocycles. The first-order chi connectivity index (χ1) is 11.1. The minimum atomic E-state index is 0.0478. The Morgan fingerprint density at radius 2 is 2.13 bits per heavy atom. The SMILES string of the molecule is C[C@H]1C[C@@H](N)CCN1C(=O)c1csc(CCc2ccccc2)n1. The van der Waals surface area contributed by atoms with E-state index in [0.717, 1.165) is 37.2 Å². The Kier molecular flexibility index (Phi) is 5.08. The van der Waals surface area contributed by atoms with Crippen LogP contribution >= 0.6 is 11.3 Å². The van der Waals surface area contributed by atoms with Gasteiger partial charge in [-0.1, -0.05) is 30.3 Å². The van der Waals surface area contributed by atoms with Gasteiger partial charge in [-0.2, -0.15) is 0 Å². The van der Waals surface area contributed by atoms with Gasteiger partial charge in [-0.15, -0.1) is 11.3 Å². The van der Waals surface area contributed by atoms with Crippen LogP contribution in [0.15, 0.2) is 35.7 Å². The van der Waals surface area contributed by atoms with E-state index < -0.39 is 0 Å². The van der Waals surface area contributed by atoms with Crippen LogP contribution in [0.1, 0.15) is 40.8 Å². The normalized spacial score (nSPS) is 21.4. The number of aromatic nitrogens is 1. The van der Waals surface area contributed by atoms with Crippen molar-refractivity contribution >= 4 is 17.2 Å². The number of amides is 1. The van der Waals surface area contributed by atoms with Gasteiger partial charge in [-0.25, -0.2) is 4.98 Å². The maximum absolute atomic E-state index is 12.6. The summed E-state index contributed by atoms with van der Waals surface area (Å²) in [5.41, 5.74) is 7.86. The van der Waals surface area contributed by atoms with Crippen LogP contribution in [0.25, 0.3) is 0 Å². The van der Waals surface area contributed by atoms with Gasteiger partial charge in [0.2, 0.25) is 0 Å². The second-order valence-electron chi connectivity index (χ2n) is 6.24. The van der Waals surface area contributed by atoms with Gasteiger partial charge >= 0.3 is 0 Å². The van der Waals surface area contributed by atoms with Gasteiger partial charge in [0.1, 0.15) is 5.69 Å². The number of piperidine rings is 1. The Morgan fingerprint density at radius 3 is 2.87 bits per heavy atom. The lowest BCUT2D eigenvalue weighted by molar-refractivity contribution is 0.0613. The van der Waals surface area contributed by atoms with Gasteiger partial charge < -0.3 is 10.6 Å². The molecule has 0 saturated carbocycles. The molecule has 1 saturated heterocycles. The average Bonchev–Trinajstić information content (AvgIpc) is 3.02. The van der Waals surface area contributed by atoms with Gasteiger partial charge in [0.25, 0.3) is 5.91 Å². The summed E-state index contributed by atoms with van der Waals surface area (Å²) in [6.45, 7) is 2.80. The Labute approximate surface area is 141 Å². The molecule has 4 nitrogen and oxygen atoms in total. The van der Waals surface area contributed by atoms with Crippen LogP contribution in [0, 0.1) is 0 Å². The number of thiazole rings is 1. The van der Waals surface area contributed by atoms with Crippen molar-refractivity contribution in [2.45, 2.75) is 44.7 Å². The van der Waals surface area contributed by atoms with E-state index in [1.165, 1.54) is 5.56 Å². The van der Waals surface area contributed by atoms with Crippen LogP contribution in [0.4, 0.5) is 0 Å². The smallest absolute Gasteiger partial charge is 0.273 e. The summed E-state index contributed by atoms with van der Waals surface area (Å²) in [5, 5.41) is 2.92. The number of hydrogen-bond donors (Lipinski definition) is 1. The molecule has 0 spiro atoms. The van der Waals surface area contributed by atoms with E-state index >= 15 is 0 Å². The molecule has 0 bridgehead atoms. The maximum Gasteiger partial charge on any atom is 0.273 e. The van der Waals surface area contributed by atoms with Gasteiger partial charge in [0.05, 0.1) is 5.01 Å². The van der Waals surface area contributed by atoms with Crippen molar-refractivity contribution in [1.82, 2.24) is 9.88 Å². The molecule has 1 aliphatic rings. The molecule has 0 radical (unpaired) electrons. The van der Waals surface area contributed by atoms with Crippen molar-refractivity contribution in [3.8, 4) is 0 Å². The first kappa shape index (κ1) is 16.1. The Balaban J connectivity index is 1.61. The summed E-state index contributed by atoms with van der Waals surface area (Å²) in [5.74, 6) is 0.0478. The summed E-state index contributed by atoms with van der Waals surface area (Å²) in [7, 11) is 0. The molecule has 23 heavy (non-hydrogen) atoms. The second-order valence-corrected chi connectivity index (χ2v) is 7.19. The lowest BCUT2D eigenvalue weighted by Gasteiger charge is -2.35. The maximum atomic E-state index is 12.6. The van der Waals surface area contributed by atoms with E-state index in [9.17, 15) is 4.79 Å². The van der Waals surface area contributed by atoms with Crippen LogP contribution in [-0.4, -0.2) is 34.4 Å². The highest BCUT2D eigenvalue weighted by Gasteiger charge is 2.28. The van der Waals surface area contributed by atoms with Gasteiger partial charge in [-0.05, 0) is 31.7 Å². The standard InChI is InChI=1S/C18H23N3OS/c1-13-11-15(19)9-10-21(13)18(22)16-12-23-17(20-16)8-7-14-5-3-2-4-6-14/h2-6,12-13,15H,7-11,19H2,1H3/t13-,15-/m0/s1. The number of hydrogen-bond acceptors (Lipinski definition) is 4. The molecule has 1 amide bonds. The molecule has 2 aromatic rings. The van der Waals surface area contributed by atoms with Crippen molar-refractivity contribution < 1.29 is 4.79 Å². The third-order valence-electron chi connectivity index (χ3n) is 4.42. The number of nitrogens with zero attached hydrogens (tertiary/aromatic N) is 2. The summed E-state index contributed by atoms with van der Waals surface area (Å²) < 4.78 is 0. The molecule has 122 valence electrons. The molecule has 2 heterocycles. The number of rotatable bonds is 4. The molecule has 0 unspecified atom stereocenters. The van der Waals surface area contributed by atoms with Crippen LogP contribution < -0.4 is 5.73 Å². The van der Waals surface area contributed by atoms with E-state index in [1.807, 2.05) is 16.3 Å². The first-order valence-corrected chi connectivity index (χ1v) is 9.06. The monoisotopic (exact) mass is 329 g/mol. The molecule has 1 aliphatic heterocycles. The van der Waals surface area contributed by atoms with Gasteiger partial charge in [0.15, 0.2) is 0 Å². The Hall–Kier alpha value is -1.72. The molecule has 2 atom stereocenters. The zero-order valence-corrected chi connectivity index (χ0v) is 14.3. The largest absolute Gasteiger partial charge is 0.334 e. The summed E-state index contributed by atoms with van der Waals surface area (Å²) in [4.78, 5) is 19.1. The fourth-order valence-corrected chi connectivity index (χ4v) is 3.85. The van der Waals surface area contributed by atoms with Crippen molar-refractivity contribution in [3.05, 3.63) is 52.0 Å². The van der Waals surface area contributed by atoms with Gasteiger partial charge in [-0.3, -0.25) is 4.79 Å². The summed E-state index contributed by atoms with van der Waals surface area (Å²) in [6, 6.07) is 10.8. The summed E-state index contributed by atoms with van der Waals surface area (Å²) in [6.07, 6.45) is 3.58. The molecular formula is C18H23N3OS. The quantitative estimate of drug-likeness (QED) is 0.938. The van der Waals surface area contributed by atoms with Crippen LogP contribution in [0.2, 0.25) is 0 Å². The predicted octanol–water partition coefficient (Wildman–Crippen LogP) is 2.88. The lowest BCUT2D eigenvalue weighted by atomic mass is 9.99. The van der Waals surface area contributed by atoms with Gasteiger partial charge in [0, 0.05) is 30.4 Å². The minimum Gasteiger partial charge on any atom is -0.334 e. The van der Waals surface area contributed by atoms with Crippen molar-refractivity contribution in [2.24, 2.45) is 5.73 Å². The van der Waals surface area contributed by atoms with Crippen molar-refractivity contribution in [2.75, 3.05) is 6.54 Å². The zero-order valence-electron chi connectivity index (χ0n) is 13.4. The fraction of sp³-hybridized carbons (Fsp3) is 0.444. The molecule has 0 aliphatic carbocycles. The third-order valence-corrected chi connectivity index (χ3v) is 5.33. The van der Waals surface area contributed by atoms with Crippen molar-refractivity contribution in [3.63, 3.8) is 0 Å². The number of aryl methyl sites for hydroxylation is 2. The van der Waals surface area contributed by atoms with E-state index in [-0.39, 0.29) is 18.0 Å². The van der Waals surface area contributed by atoms with Crippen LogP contribution in [0.3, 0.4) is 0 Å². The molecule has 1 aromatic carbocycles. The second kappa shape index (κ2) is 7.23. The fourth-order valence-electron chi connectivity index (χ4n) is 3.08. The minimum absolute atomic E-state index is 0.0478. The van der Waals surface area contributed by atoms with E-state index in [4.69, 9.17) is 5.73 Å². The number of nitrogens with two attached hydrogens (primary N) is 1. The number of benzene rings is 1. The molecular weight excluding hydrogens is 306 g/mol. The van der Waals surface area contributed by atoms with Crippen LogP contribution in [0.5, 0.6) is 0 Å². The Morgan fingerprint density at radius 1 is 1.35 bits per heavy atom. The van der Waals surface area contributed by atoms with E-state index in [2.05, 4.69) is 36.2 Å². The Bertz CT molecular complexity index is 655. The highest BCUT2D eigenvalue weighted by Crippen LogP contribution is 2.20. The number of carbonyl (C=O) groups excluding carboxylic acids is 1. The topological polar surface area (TPSA) is 59.2 Å². The first-order valence-electron chi connectivity index (χ1n) is 8.18. The molecule has 5 heteroatoms. The van der Waals surface area contributed by atoms with Crippen molar-refractivity contribution in [1.29, 1.82) is 0 Å². The van der Waals surface area contributed by atoms with E-state index in [1.54, 1.807) is 11.3 Å². The predicted molar refractivity (Wildman–Crippen MR) is 93.7 cm³/mol. The summed E-state index contributed by atoms with van der Waals surface area (Å²) >= 11 is 1.58. The highest BCUT2D eigenvalue weighted by molar-refractivity contribution is 7.09. The average molecular weight is 329 g/mol.